The van der Waals surface area contributed by atoms with Gasteiger partial charge in [0.15, 0.2) is 5.84 Å². The van der Waals surface area contributed by atoms with Crippen LogP contribution in [0.3, 0.4) is 0 Å². The third-order valence-corrected chi connectivity index (χ3v) is 3.26. The lowest BCUT2D eigenvalue weighted by molar-refractivity contribution is 1.41. The zero-order valence-electron chi connectivity index (χ0n) is 5.69. The predicted octanol–water partition coefficient (Wildman–Crippen LogP) is 3.01. The van der Waals surface area contributed by atoms with Crippen molar-refractivity contribution in [2.75, 3.05) is 0 Å². The van der Waals surface area contributed by atoms with Crippen molar-refractivity contribution < 1.29 is 0 Å². The Bertz CT molecular complexity index is 393. The summed E-state index contributed by atoms with van der Waals surface area (Å²) in [7, 11) is 0. The van der Waals surface area contributed by atoms with Crippen molar-refractivity contribution in [3.63, 3.8) is 0 Å². The van der Waals surface area contributed by atoms with Gasteiger partial charge >= 0.3 is 0 Å². The van der Waals surface area contributed by atoms with E-state index in [0.717, 1.165) is 9.35 Å². The molecular weight excluding hydrogens is 258 g/mol. The standard InChI is InChI=1S/C6H2BrN3S2/c7-3-1-2-12-4(3)5-8-6(11)10-9-5/h1-2H. The zero-order chi connectivity index (χ0) is 8.55. The number of aliphatic imine (C=N–C) groups is 1. The molecule has 2 heterocycles. The van der Waals surface area contributed by atoms with E-state index in [2.05, 4.69) is 31.2 Å². The molecule has 0 unspecified atom stereocenters. The first-order valence-corrected chi connectivity index (χ1v) is 5.13. The van der Waals surface area contributed by atoms with Crippen LogP contribution in [0.2, 0.25) is 0 Å². The highest BCUT2D eigenvalue weighted by Crippen LogP contribution is 2.25. The Labute approximate surface area is 86.4 Å². The van der Waals surface area contributed by atoms with Gasteiger partial charge in [-0.2, -0.15) is 4.99 Å². The molecule has 0 fully saturated rings. The molecule has 1 aliphatic heterocycles. The number of azo groups is 1. The Balaban J connectivity index is 2.45. The second kappa shape index (κ2) is 3.12. The van der Waals surface area contributed by atoms with Gasteiger partial charge in [0, 0.05) is 4.47 Å². The van der Waals surface area contributed by atoms with Crippen LogP contribution in [0.15, 0.2) is 31.1 Å². The normalized spacial score (nSPS) is 15.4. The Morgan fingerprint density at radius 1 is 1.42 bits per heavy atom. The van der Waals surface area contributed by atoms with Gasteiger partial charge < -0.3 is 0 Å². The molecule has 1 aliphatic rings. The van der Waals surface area contributed by atoms with Crippen molar-refractivity contribution in [3.8, 4) is 0 Å². The highest BCUT2D eigenvalue weighted by Gasteiger charge is 2.13. The average Bonchev–Trinajstić information content (AvgIpc) is 2.58. The van der Waals surface area contributed by atoms with E-state index in [9.17, 15) is 0 Å². The fourth-order valence-corrected chi connectivity index (χ4v) is 2.38. The molecule has 0 atom stereocenters. The summed E-state index contributed by atoms with van der Waals surface area (Å²) in [6.45, 7) is 0. The van der Waals surface area contributed by atoms with Crippen LogP contribution in [0.5, 0.6) is 0 Å². The fourth-order valence-electron chi connectivity index (χ4n) is 0.775. The predicted molar refractivity (Wildman–Crippen MR) is 56.0 cm³/mol. The maximum absolute atomic E-state index is 4.75. The summed E-state index contributed by atoms with van der Waals surface area (Å²) in [4.78, 5) is 4.96. The molecule has 0 bridgehead atoms. The van der Waals surface area contributed by atoms with E-state index in [0.29, 0.717) is 10.9 Å². The van der Waals surface area contributed by atoms with Gasteiger partial charge in [0.25, 0.3) is 0 Å². The molecule has 0 saturated heterocycles. The molecule has 0 radical (unpaired) electrons. The van der Waals surface area contributed by atoms with Crippen LogP contribution < -0.4 is 0 Å². The van der Waals surface area contributed by atoms with Gasteiger partial charge in [-0.3, -0.25) is 0 Å². The third-order valence-electron chi connectivity index (χ3n) is 1.25. The van der Waals surface area contributed by atoms with E-state index in [1.807, 2.05) is 11.4 Å². The quantitative estimate of drug-likeness (QED) is 0.715. The first kappa shape index (κ1) is 8.15. The third kappa shape index (κ3) is 1.37. The second-order valence-corrected chi connectivity index (χ2v) is 4.15. The van der Waals surface area contributed by atoms with Crippen LogP contribution in [0.1, 0.15) is 4.88 Å². The average molecular weight is 260 g/mol. The number of rotatable bonds is 1. The van der Waals surface area contributed by atoms with E-state index in [1.54, 1.807) is 11.3 Å². The Kier molecular flexibility index (Phi) is 2.12. The van der Waals surface area contributed by atoms with Gasteiger partial charge in [-0.15, -0.1) is 21.6 Å². The minimum Gasteiger partial charge on any atom is -0.194 e. The number of hydrogen-bond donors (Lipinski definition) is 0. The molecule has 0 spiro atoms. The number of hydrogen-bond acceptors (Lipinski definition) is 3. The second-order valence-electron chi connectivity index (χ2n) is 2.02. The highest BCUT2D eigenvalue weighted by molar-refractivity contribution is 9.10. The lowest BCUT2D eigenvalue weighted by atomic mass is 10.4. The van der Waals surface area contributed by atoms with Crippen LogP contribution in [0, 0.1) is 0 Å². The van der Waals surface area contributed by atoms with Gasteiger partial charge in [-0.25, -0.2) is 0 Å². The first-order chi connectivity index (χ1) is 5.77. The van der Waals surface area contributed by atoms with E-state index >= 15 is 0 Å². The highest BCUT2D eigenvalue weighted by atomic mass is 79.9. The van der Waals surface area contributed by atoms with Gasteiger partial charge in [0.1, 0.15) is 0 Å². The fraction of sp³-hybridized carbons (Fsp3) is 0. The van der Waals surface area contributed by atoms with Gasteiger partial charge in [-0.1, -0.05) is 0 Å². The summed E-state index contributed by atoms with van der Waals surface area (Å²) in [5.74, 6) is 0.599. The van der Waals surface area contributed by atoms with E-state index < -0.39 is 0 Å². The molecule has 2 rings (SSSR count). The molecule has 1 aromatic rings. The Morgan fingerprint density at radius 3 is 2.75 bits per heavy atom. The van der Waals surface area contributed by atoms with Crippen molar-refractivity contribution in [3.05, 3.63) is 20.8 Å². The number of amidine groups is 1. The first-order valence-electron chi connectivity index (χ1n) is 3.05. The lowest BCUT2D eigenvalue weighted by Gasteiger charge is -1.89. The van der Waals surface area contributed by atoms with Crippen molar-refractivity contribution in [1.82, 2.24) is 0 Å². The van der Waals surface area contributed by atoms with Gasteiger partial charge in [-0.05, 0) is 39.6 Å². The smallest absolute Gasteiger partial charge is 0.194 e. The number of thiocarbonyl (C=S) groups is 1. The van der Waals surface area contributed by atoms with Gasteiger partial charge in [0.2, 0.25) is 5.11 Å². The van der Waals surface area contributed by atoms with Crippen molar-refractivity contribution in [2.45, 2.75) is 0 Å². The molecule has 0 amide bonds. The Hall–Kier alpha value is -0.460. The molecule has 60 valence electrons. The van der Waals surface area contributed by atoms with E-state index in [4.69, 9.17) is 12.2 Å². The summed E-state index contributed by atoms with van der Waals surface area (Å²) in [6.07, 6.45) is 0. The molecule has 0 saturated carbocycles. The van der Waals surface area contributed by atoms with Crippen molar-refractivity contribution in [1.29, 1.82) is 0 Å². The minimum absolute atomic E-state index is 0.297. The Morgan fingerprint density at radius 2 is 2.25 bits per heavy atom. The molecule has 6 heteroatoms. The summed E-state index contributed by atoms with van der Waals surface area (Å²) in [6, 6.07) is 1.94. The largest absolute Gasteiger partial charge is 0.242 e. The summed E-state index contributed by atoms with van der Waals surface area (Å²) in [5, 5.41) is 9.74. The topological polar surface area (TPSA) is 37.1 Å². The molecule has 1 aromatic heterocycles. The number of thiophene rings is 1. The van der Waals surface area contributed by atoms with Crippen molar-refractivity contribution in [2.24, 2.45) is 15.2 Å². The molecule has 0 aliphatic carbocycles. The van der Waals surface area contributed by atoms with Crippen LogP contribution in [0.25, 0.3) is 0 Å². The SMILES string of the molecule is S=C1N=NC(c2sccc2Br)=N1. The number of halogens is 1. The number of nitrogens with zero attached hydrogens (tertiary/aromatic N) is 3. The lowest BCUT2D eigenvalue weighted by Crippen LogP contribution is -1.90. The summed E-state index contributed by atoms with van der Waals surface area (Å²) in [5.41, 5.74) is 0. The molecule has 3 nitrogen and oxygen atoms in total. The van der Waals surface area contributed by atoms with Gasteiger partial charge in [0.05, 0.1) is 4.88 Å². The van der Waals surface area contributed by atoms with E-state index in [-0.39, 0.29) is 0 Å². The van der Waals surface area contributed by atoms with Crippen molar-refractivity contribution >= 4 is 50.4 Å². The minimum atomic E-state index is 0.297. The monoisotopic (exact) mass is 259 g/mol. The van der Waals surface area contributed by atoms with Crippen LogP contribution in [-0.2, 0) is 0 Å². The maximum Gasteiger partial charge on any atom is 0.242 e. The zero-order valence-corrected chi connectivity index (χ0v) is 8.91. The van der Waals surface area contributed by atoms with Crippen LogP contribution >= 0.6 is 39.5 Å². The molecular formula is C6H2BrN3S2. The van der Waals surface area contributed by atoms with Crippen LogP contribution in [0.4, 0.5) is 0 Å². The summed E-state index contributed by atoms with van der Waals surface area (Å²) >= 11 is 9.69. The van der Waals surface area contributed by atoms with Crippen LogP contribution in [-0.4, -0.2) is 10.9 Å². The molecule has 0 N–H and O–H groups in total. The maximum atomic E-state index is 4.75. The molecule has 0 aromatic carbocycles. The molecule has 12 heavy (non-hydrogen) atoms. The van der Waals surface area contributed by atoms with E-state index in [1.165, 1.54) is 0 Å². The summed E-state index contributed by atoms with van der Waals surface area (Å²) < 4.78 is 0.981.